The number of methoxy groups -OCH3 is 2. The zero-order valence-corrected chi connectivity index (χ0v) is 13.5. The highest BCUT2D eigenvalue weighted by atomic mass is 16.6. The molecule has 0 aliphatic carbocycles. The highest BCUT2D eigenvalue weighted by Gasteiger charge is 2.21. The Hall–Kier alpha value is -2.43. The predicted octanol–water partition coefficient (Wildman–Crippen LogP) is 3.96. The van der Waals surface area contributed by atoms with Crippen molar-refractivity contribution >= 4 is 6.09 Å². The Labute approximate surface area is 130 Å². The molecule has 1 aromatic heterocycles. The zero-order chi connectivity index (χ0) is 16.3. The van der Waals surface area contributed by atoms with E-state index in [9.17, 15) is 4.79 Å². The van der Waals surface area contributed by atoms with E-state index in [0.717, 1.165) is 5.56 Å². The topological polar surface area (TPSA) is 49.7 Å². The van der Waals surface area contributed by atoms with Crippen molar-refractivity contribution in [3.8, 4) is 22.8 Å². The van der Waals surface area contributed by atoms with Crippen LogP contribution in [0.3, 0.4) is 0 Å². The highest BCUT2D eigenvalue weighted by Crippen LogP contribution is 2.33. The van der Waals surface area contributed by atoms with Crippen molar-refractivity contribution in [3.63, 3.8) is 0 Å². The molecule has 2 rings (SSSR count). The van der Waals surface area contributed by atoms with Gasteiger partial charge in [-0.1, -0.05) is 0 Å². The fourth-order valence-corrected chi connectivity index (χ4v) is 2.08. The van der Waals surface area contributed by atoms with Crippen LogP contribution in [0.15, 0.2) is 36.5 Å². The van der Waals surface area contributed by atoms with Gasteiger partial charge in [0.1, 0.15) is 17.1 Å². The van der Waals surface area contributed by atoms with Gasteiger partial charge in [-0.15, -0.1) is 0 Å². The summed E-state index contributed by atoms with van der Waals surface area (Å²) in [5.41, 5.74) is 0.940. The third-order valence-electron chi connectivity index (χ3n) is 3.02. The molecule has 5 nitrogen and oxygen atoms in total. The SMILES string of the molecule is COc1ccc(-c2cccn2C(=O)OC(C)(C)C)c(OC)c1. The Morgan fingerprint density at radius 1 is 1.09 bits per heavy atom. The molecule has 0 spiro atoms. The summed E-state index contributed by atoms with van der Waals surface area (Å²) >= 11 is 0. The Bertz CT molecular complexity index is 668. The maximum absolute atomic E-state index is 12.3. The van der Waals surface area contributed by atoms with E-state index in [2.05, 4.69) is 0 Å². The molecule has 0 unspecified atom stereocenters. The summed E-state index contributed by atoms with van der Waals surface area (Å²) in [6.45, 7) is 5.51. The summed E-state index contributed by atoms with van der Waals surface area (Å²) in [6.07, 6.45) is 1.25. The molecule has 0 fully saturated rings. The first kappa shape index (κ1) is 15.9. The van der Waals surface area contributed by atoms with Crippen LogP contribution in [-0.4, -0.2) is 30.5 Å². The first-order valence-corrected chi connectivity index (χ1v) is 6.99. The summed E-state index contributed by atoms with van der Waals surface area (Å²) in [7, 11) is 3.18. The lowest BCUT2D eigenvalue weighted by molar-refractivity contribution is 0.0540. The fourth-order valence-electron chi connectivity index (χ4n) is 2.08. The number of carbonyl (C=O) groups is 1. The van der Waals surface area contributed by atoms with E-state index in [4.69, 9.17) is 14.2 Å². The third kappa shape index (κ3) is 3.42. The molecule has 22 heavy (non-hydrogen) atoms. The van der Waals surface area contributed by atoms with Gasteiger partial charge in [-0.2, -0.15) is 0 Å². The first-order chi connectivity index (χ1) is 10.4. The molecule has 0 radical (unpaired) electrons. The average molecular weight is 303 g/mol. The van der Waals surface area contributed by atoms with Crippen molar-refractivity contribution < 1.29 is 19.0 Å². The number of carbonyl (C=O) groups excluding carboxylic acids is 1. The lowest BCUT2D eigenvalue weighted by Gasteiger charge is -2.20. The van der Waals surface area contributed by atoms with Crippen LogP contribution in [-0.2, 0) is 4.74 Å². The van der Waals surface area contributed by atoms with Gasteiger partial charge in [-0.25, -0.2) is 4.79 Å². The molecule has 0 aliphatic rings. The van der Waals surface area contributed by atoms with E-state index in [-0.39, 0.29) is 0 Å². The summed E-state index contributed by atoms with van der Waals surface area (Å²) in [4.78, 5) is 12.3. The van der Waals surface area contributed by atoms with Gasteiger partial charge in [-0.3, -0.25) is 4.57 Å². The monoisotopic (exact) mass is 303 g/mol. The second-order valence-electron chi connectivity index (χ2n) is 5.81. The van der Waals surface area contributed by atoms with Crippen molar-refractivity contribution in [3.05, 3.63) is 36.5 Å². The van der Waals surface area contributed by atoms with Crippen molar-refractivity contribution in [1.29, 1.82) is 0 Å². The largest absolute Gasteiger partial charge is 0.497 e. The van der Waals surface area contributed by atoms with Crippen LogP contribution in [0.2, 0.25) is 0 Å². The van der Waals surface area contributed by atoms with Crippen LogP contribution in [0.4, 0.5) is 4.79 Å². The summed E-state index contributed by atoms with van der Waals surface area (Å²) in [5.74, 6) is 1.32. The van der Waals surface area contributed by atoms with Gasteiger partial charge in [0.25, 0.3) is 0 Å². The van der Waals surface area contributed by atoms with Gasteiger partial charge in [0, 0.05) is 17.8 Å². The molecular formula is C17H21NO4. The molecule has 2 aromatic rings. The van der Waals surface area contributed by atoms with Crippen molar-refractivity contribution in [2.75, 3.05) is 14.2 Å². The van der Waals surface area contributed by atoms with Crippen LogP contribution in [0.1, 0.15) is 20.8 Å². The molecule has 0 amide bonds. The number of benzene rings is 1. The van der Waals surface area contributed by atoms with Gasteiger partial charge in [0.2, 0.25) is 0 Å². The van der Waals surface area contributed by atoms with Crippen molar-refractivity contribution in [2.45, 2.75) is 26.4 Å². The summed E-state index contributed by atoms with van der Waals surface area (Å²) < 4.78 is 17.5. The van der Waals surface area contributed by atoms with Crippen molar-refractivity contribution in [1.82, 2.24) is 4.57 Å². The minimum absolute atomic E-state index is 0.426. The average Bonchev–Trinajstić information content (AvgIpc) is 2.94. The second-order valence-corrected chi connectivity index (χ2v) is 5.81. The number of hydrogen-bond donors (Lipinski definition) is 0. The van der Waals surface area contributed by atoms with E-state index < -0.39 is 11.7 Å². The van der Waals surface area contributed by atoms with Gasteiger partial charge < -0.3 is 14.2 Å². The van der Waals surface area contributed by atoms with Gasteiger partial charge in [0.15, 0.2) is 0 Å². The van der Waals surface area contributed by atoms with E-state index in [1.165, 1.54) is 4.57 Å². The maximum atomic E-state index is 12.3. The van der Waals surface area contributed by atoms with Crippen LogP contribution in [0.25, 0.3) is 11.3 Å². The standard InChI is InChI=1S/C17H21NO4/c1-17(2,3)22-16(19)18-10-6-7-14(18)13-9-8-12(20-4)11-15(13)21-5/h6-11H,1-5H3. The Balaban J connectivity index is 2.43. The zero-order valence-electron chi connectivity index (χ0n) is 13.5. The van der Waals surface area contributed by atoms with Gasteiger partial charge >= 0.3 is 6.09 Å². The molecule has 0 bridgehead atoms. The molecule has 1 heterocycles. The number of nitrogens with zero attached hydrogens (tertiary/aromatic N) is 1. The molecule has 0 atom stereocenters. The number of hydrogen-bond acceptors (Lipinski definition) is 4. The van der Waals surface area contributed by atoms with Crippen LogP contribution >= 0.6 is 0 Å². The molecule has 0 aliphatic heterocycles. The van der Waals surface area contributed by atoms with Gasteiger partial charge in [-0.05, 0) is 45.0 Å². The quantitative estimate of drug-likeness (QED) is 0.861. The maximum Gasteiger partial charge on any atom is 0.418 e. The normalized spacial score (nSPS) is 11.1. The molecule has 0 saturated heterocycles. The van der Waals surface area contributed by atoms with Gasteiger partial charge in [0.05, 0.1) is 19.9 Å². The Morgan fingerprint density at radius 2 is 1.82 bits per heavy atom. The molecule has 5 heteroatoms. The van der Waals surface area contributed by atoms with E-state index >= 15 is 0 Å². The number of aromatic nitrogens is 1. The highest BCUT2D eigenvalue weighted by molar-refractivity contribution is 5.81. The summed E-state index contributed by atoms with van der Waals surface area (Å²) in [6, 6.07) is 9.09. The molecular weight excluding hydrogens is 282 g/mol. The molecule has 0 N–H and O–H groups in total. The number of rotatable bonds is 3. The van der Waals surface area contributed by atoms with Crippen LogP contribution < -0.4 is 9.47 Å². The van der Waals surface area contributed by atoms with Crippen LogP contribution in [0, 0.1) is 0 Å². The molecule has 0 saturated carbocycles. The van der Waals surface area contributed by atoms with E-state index in [1.807, 2.05) is 39.0 Å². The minimum atomic E-state index is -0.553. The Kier molecular flexibility index (Phi) is 4.45. The second kappa shape index (κ2) is 6.13. The van der Waals surface area contributed by atoms with Crippen LogP contribution in [0.5, 0.6) is 11.5 Å². The Morgan fingerprint density at radius 3 is 2.41 bits per heavy atom. The molecule has 118 valence electrons. The van der Waals surface area contributed by atoms with E-state index in [1.54, 1.807) is 32.5 Å². The summed E-state index contributed by atoms with van der Waals surface area (Å²) in [5, 5.41) is 0. The van der Waals surface area contributed by atoms with Crippen molar-refractivity contribution in [2.24, 2.45) is 0 Å². The third-order valence-corrected chi connectivity index (χ3v) is 3.02. The smallest absolute Gasteiger partial charge is 0.418 e. The lowest BCUT2D eigenvalue weighted by atomic mass is 10.1. The van der Waals surface area contributed by atoms with E-state index in [0.29, 0.717) is 17.2 Å². The molecule has 1 aromatic carbocycles. The predicted molar refractivity (Wildman–Crippen MR) is 84.6 cm³/mol. The number of ether oxygens (including phenoxy) is 3. The lowest BCUT2D eigenvalue weighted by Crippen LogP contribution is -2.27. The first-order valence-electron chi connectivity index (χ1n) is 6.99. The minimum Gasteiger partial charge on any atom is -0.497 e. The fraction of sp³-hybridized carbons (Fsp3) is 0.353.